The highest BCUT2D eigenvalue weighted by Crippen LogP contribution is 2.41. The highest BCUT2D eigenvalue weighted by Gasteiger charge is 2.45. The van der Waals surface area contributed by atoms with Crippen LogP contribution in [-0.4, -0.2) is 48.1 Å². The van der Waals surface area contributed by atoms with E-state index in [-0.39, 0.29) is 17.4 Å². The first-order valence-electron chi connectivity index (χ1n) is 10.2. The van der Waals surface area contributed by atoms with E-state index in [4.69, 9.17) is 9.47 Å². The topological polar surface area (TPSA) is 76.1 Å². The van der Waals surface area contributed by atoms with Crippen LogP contribution in [0.5, 0.6) is 5.75 Å². The quantitative estimate of drug-likeness (QED) is 0.286. The number of nitrogens with zero attached hydrogens (tertiary/aromatic N) is 1. The summed E-state index contributed by atoms with van der Waals surface area (Å²) in [6.45, 7) is 2.80. The third kappa shape index (κ3) is 4.12. The second-order valence-corrected chi connectivity index (χ2v) is 8.76. The molecule has 31 heavy (non-hydrogen) atoms. The maximum Gasteiger partial charge on any atom is 0.295 e. The number of carbonyl (C=O) groups excluding carboxylic acids is 2. The zero-order chi connectivity index (χ0) is 22.1. The SMILES string of the molecule is COCCCN1C(=O)C(=O)/C(=C(/O)c2ccc3c(c2)CC(C)O3)C1c1cccc(Br)c1. The molecule has 1 N–H and O–H groups in total. The first-order valence-corrected chi connectivity index (χ1v) is 11.0. The van der Waals surface area contributed by atoms with Crippen LogP contribution in [0.4, 0.5) is 0 Å². The Bertz CT molecular complexity index is 1060. The van der Waals surface area contributed by atoms with Crippen LogP contribution >= 0.6 is 15.9 Å². The molecule has 1 amide bonds. The predicted octanol–water partition coefficient (Wildman–Crippen LogP) is 4.23. The third-order valence-corrected chi connectivity index (χ3v) is 6.11. The van der Waals surface area contributed by atoms with E-state index in [1.54, 1.807) is 19.2 Å². The van der Waals surface area contributed by atoms with Gasteiger partial charge in [0.25, 0.3) is 11.7 Å². The van der Waals surface area contributed by atoms with Gasteiger partial charge in [0, 0.05) is 36.7 Å². The number of rotatable bonds is 6. The monoisotopic (exact) mass is 485 g/mol. The van der Waals surface area contributed by atoms with Crippen LogP contribution in [0.1, 0.15) is 36.1 Å². The van der Waals surface area contributed by atoms with E-state index in [0.29, 0.717) is 25.1 Å². The highest BCUT2D eigenvalue weighted by molar-refractivity contribution is 9.10. The first-order chi connectivity index (χ1) is 14.9. The maximum atomic E-state index is 13.0. The summed E-state index contributed by atoms with van der Waals surface area (Å²) in [5.41, 5.74) is 2.34. The van der Waals surface area contributed by atoms with E-state index in [2.05, 4.69) is 15.9 Å². The van der Waals surface area contributed by atoms with Crippen molar-refractivity contribution in [3.05, 3.63) is 69.2 Å². The Kier molecular flexibility index (Phi) is 6.16. The van der Waals surface area contributed by atoms with Gasteiger partial charge in [-0.25, -0.2) is 0 Å². The summed E-state index contributed by atoms with van der Waals surface area (Å²) in [5, 5.41) is 11.2. The number of Topliss-reactive ketones (excluding diaryl/α,β-unsaturated/α-hetero) is 1. The number of aliphatic hydroxyl groups is 1. The average Bonchev–Trinajstić information content (AvgIpc) is 3.24. The zero-order valence-corrected chi connectivity index (χ0v) is 19.0. The number of amides is 1. The summed E-state index contributed by atoms with van der Waals surface area (Å²) in [6.07, 6.45) is 1.39. The van der Waals surface area contributed by atoms with Crippen molar-refractivity contribution >= 4 is 33.4 Å². The van der Waals surface area contributed by atoms with Crippen LogP contribution in [0, 0.1) is 0 Å². The van der Waals surface area contributed by atoms with Gasteiger partial charge in [0.05, 0.1) is 11.6 Å². The molecule has 0 saturated carbocycles. The lowest BCUT2D eigenvalue weighted by Crippen LogP contribution is -2.31. The van der Waals surface area contributed by atoms with E-state index in [1.807, 2.05) is 37.3 Å². The van der Waals surface area contributed by atoms with Crippen molar-refractivity contribution in [2.24, 2.45) is 0 Å². The molecule has 2 aromatic rings. The Hall–Kier alpha value is -2.64. The number of fused-ring (bicyclic) bond motifs is 1. The molecular weight excluding hydrogens is 462 g/mol. The number of benzene rings is 2. The Labute approximate surface area is 189 Å². The van der Waals surface area contributed by atoms with Crippen molar-refractivity contribution in [2.45, 2.75) is 31.9 Å². The lowest BCUT2D eigenvalue weighted by atomic mass is 9.94. The van der Waals surface area contributed by atoms with Gasteiger partial charge in [0.15, 0.2) is 0 Å². The van der Waals surface area contributed by atoms with Gasteiger partial charge in [-0.2, -0.15) is 0 Å². The Morgan fingerprint density at radius 3 is 2.81 bits per heavy atom. The molecule has 162 valence electrons. The molecule has 0 aliphatic carbocycles. The molecule has 1 saturated heterocycles. The van der Waals surface area contributed by atoms with Gasteiger partial charge in [-0.1, -0.05) is 28.1 Å². The standard InChI is InChI=1S/C24H24BrNO5/c1-14-11-17-12-16(7-8-19(17)31-14)22(27)20-21(15-5-3-6-18(25)13-15)26(9-4-10-30-2)24(29)23(20)28/h3,5-8,12-14,21,27H,4,9-11H2,1-2H3/b22-20+. The van der Waals surface area contributed by atoms with Gasteiger partial charge in [0.2, 0.25) is 0 Å². The second-order valence-electron chi connectivity index (χ2n) is 7.85. The lowest BCUT2D eigenvalue weighted by molar-refractivity contribution is -0.140. The van der Waals surface area contributed by atoms with Crippen LogP contribution < -0.4 is 4.74 Å². The summed E-state index contributed by atoms with van der Waals surface area (Å²) in [6, 6.07) is 12.1. The molecule has 0 spiro atoms. The minimum absolute atomic E-state index is 0.0698. The maximum absolute atomic E-state index is 13.0. The van der Waals surface area contributed by atoms with E-state index >= 15 is 0 Å². The van der Waals surface area contributed by atoms with Gasteiger partial charge < -0.3 is 19.5 Å². The Morgan fingerprint density at radius 1 is 1.26 bits per heavy atom. The van der Waals surface area contributed by atoms with Crippen LogP contribution in [0.25, 0.3) is 5.76 Å². The molecule has 2 unspecified atom stereocenters. The number of carbonyl (C=O) groups is 2. The summed E-state index contributed by atoms with van der Waals surface area (Å²) >= 11 is 3.46. The van der Waals surface area contributed by atoms with Gasteiger partial charge in [0.1, 0.15) is 17.6 Å². The summed E-state index contributed by atoms with van der Waals surface area (Å²) in [4.78, 5) is 27.5. The third-order valence-electron chi connectivity index (χ3n) is 5.62. The molecule has 2 aliphatic rings. The number of ketones is 1. The molecule has 0 aromatic heterocycles. The summed E-state index contributed by atoms with van der Waals surface area (Å²) in [7, 11) is 1.60. The fraction of sp³-hybridized carbons (Fsp3) is 0.333. The van der Waals surface area contributed by atoms with E-state index in [0.717, 1.165) is 27.8 Å². The number of aliphatic hydroxyl groups excluding tert-OH is 1. The van der Waals surface area contributed by atoms with Crippen LogP contribution in [0.2, 0.25) is 0 Å². The van der Waals surface area contributed by atoms with Crippen molar-refractivity contribution in [2.75, 3.05) is 20.3 Å². The number of hydrogen-bond acceptors (Lipinski definition) is 5. The molecular formula is C24H24BrNO5. The minimum Gasteiger partial charge on any atom is -0.507 e. The normalized spacial score (nSPS) is 22.0. The number of hydrogen-bond donors (Lipinski definition) is 1. The zero-order valence-electron chi connectivity index (χ0n) is 17.4. The first kappa shape index (κ1) is 21.6. The van der Waals surface area contributed by atoms with Crippen LogP contribution in [-0.2, 0) is 20.7 Å². The smallest absolute Gasteiger partial charge is 0.295 e. The highest BCUT2D eigenvalue weighted by atomic mass is 79.9. The summed E-state index contributed by atoms with van der Waals surface area (Å²) in [5.74, 6) is -0.668. The number of ether oxygens (including phenoxy) is 2. The van der Waals surface area contributed by atoms with E-state index in [9.17, 15) is 14.7 Å². The van der Waals surface area contributed by atoms with Crippen molar-refractivity contribution < 1.29 is 24.2 Å². The molecule has 4 rings (SSSR count). The van der Waals surface area contributed by atoms with Crippen molar-refractivity contribution in [1.82, 2.24) is 4.90 Å². The van der Waals surface area contributed by atoms with Crippen LogP contribution in [0.3, 0.4) is 0 Å². The molecule has 2 atom stereocenters. The molecule has 6 nitrogen and oxygen atoms in total. The fourth-order valence-electron chi connectivity index (χ4n) is 4.24. The largest absolute Gasteiger partial charge is 0.507 e. The number of methoxy groups -OCH3 is 1. The van der Waals surface area contributed by atoms with E-state index < -0.39 is 17.7 Å². The average molecular weight is 486 g/mol. The Balaban J connectivity index is 1.80. The molecule has 7 heteroatoms. The minimum atomic E-state index is -0.676. The van der Waals surface area contributed by atoms with E-state index in [1.165, 1.54) is 4.90 Å². The summed E-state index contributed by atoms with van der Waals surface area (Å²) < 4.78 is 11.7. The van der Waals surface area contributed by atoms with Gasteiger partial charge in [-0.3, -0.25) is 9.59 Å². The predicted molar refractivity (Wildman–Crippen MR) is 120 cm³/mol. The number of halogens is 1. The second kappa shape index (κ2) is 8.85. The van der Waals surface area contributed by atoms with Gasteiger partial charge in [-0.05, 0) is 54.8 Å². The molecule has 0 bridgehead atoms. The lowest BCUT2D eigenvalue weighted by Gasteiger charge is -2.25. The number of likely N-dealkylation sites (tertiary alicyclic amines) is 1. The molecule has 2 aliphatic heterocycles. The Morgan fingerprint density at radius 2 is 2.06 bits per heavy atom. The van der Waals surface area contributed by atoms with Crippen molar-refractivity contribution in [1.29, 1.82) is 0 Å². The van der Waals surface area contributed by atoms with Crippen molar-refractivity contribution in [3.8, 4) is 5.75 Å². The fourth-order valence-corrected chi connectivity index (χ4v) is 4.65. The molecule has 0 radical (unpaired) electrons. The van der Waals surface area contributed by atoms with Gasteiger partial charge in [-0.15, -0.1) is 0 Å². The van der Waals surface area contributed by atoms with Gasteiger partial charge >= 0.3 is 0 Å². The van der Waals surface area contributed by atoms with Crippen LogP contribution in [0.15, 0.2) is 52.5 Å². The van der Waals surface area contributed by atoms with Crippen molar-refractivity contribution in [3.63, 3.8) is 0 Å². The molecule has 2 heterocycles. The molecule has 1 fully saturated rings. The molecule has 2 aromatic carbocycles.